The summed E-state index contributed by atoms with van der Waals surface area (Å²) in [5.74, 6) is 1.02. The van der Waals surface area contributed by atoms with Crippen molar-refractivity contribution >= 4 is 0 Å². The maximum atomic E-state index is 9.33. The van der Waals surface area contributed by atoms with E-state index in [1.807, 2.05) is 0 Å². The Morgan fingerprint density at radius 1 is 1.37 bits per heavy atom. The molecule has 1 rings (SSSR count). The van der Waals surface area contributed by atoms with Gasteiger partial charge >= 0.3 is 0 Å². The Hall–Kier alpha value is -0.590. The first kappa shape index (κ1) is 16.5. The van der Waals surface area contributed by atoms with Crippen molar-refractivity contribution in [2.24, 2.45) is 11.8 Å². The Morgan fingerprint density at radius 3 is 2.68 bits per heavy atom. The van der Waals surface area contributed by atoms with Crippen LogP contribution >= 0.6 is 0 Å². The molecule has 0 radical (unpaired) electrons. The second-order valence-corrected chi connectivity index (χ2v) is 6.17. The number of likely N-dealkylation sites (N-methyl/N-ethyl adjacent to an activating group) is 1. The summed E-state index contributed by atoms with van der Waals surface area (Å²) >= 11 is 0. The number of nitrogens with zero attached hydrogens (tertiary/aromatic N) is 2. The summed E-state index contributed by atoms with van der Waals surface area (Å²) in [5.41, 5.74) is 0. The highest BCUT2D eigenvalue weighted by molar-refractivity contribution is 4.97. The maximum absolute atomic E-state index is 9.33. The summed E-state index contributed by atoms with van der Waals surface area (Å²) in [6.07, 6.45) is 6.35. The van der Waals surface area contributed by atoms with Gasteiger partial charge in [-0.05, 0) is 46.1 Å². The molecule has 0 aromatic heterocycles. The predicted octanol–water partition coefficient (Wildman–Crippen LogP) is 3.45. The van der Waals surface area contributed by atoms with Crippen LogP contribution in [0.1, 0.15) is 52.9 Å². The molecule has 3 atom stereocenters. The van der Waals surface area contributed by atoms with Crippen molar-refractivity contribution < 1.29 is 4.74 Å². The van der Waals surface area contributed by atoms with Crippen LogP contribution in [0.2, 0.25) is 0 Å². The fourth-order valence-corrected chi connectivity index (χ4v) is 3.14. The van der Waals surface area contributed by atoms with Crippen LogP contribution < -0.4 is 0 Å². The first-order valence-corrected chi connectivity index (χ1v) is 7.79. The summed E-state index contributed by atoms with van der Waals surface area (Å²) in [6, 6.07) is 2.94. The Morgan fingerprint density at radius 2 is 2.11 bits per heavy atom. The zero-order valence-corrected chi connectivity index (χ0v) is 13.1. The highest BCUT2D eigenvalue weighted by atomic mass is 16.5. The van der Waals surface area contributed by atoms with Crippen LogP contribution in [-0.4, -0.2) is 37.2 Å². The number of nitriles is 1. The molecule has 1 aliphatic rings. The molecule has 3 nitrogen and oxygen atoms in total. The summed E-state index contributed by atoms with van der Waals surface area (Å²) < 4.78 is 5.62. The van der Waals surface area contributed by atoms with E-state index in [9.17, 15) is 5.26 Å². The predicted molar refractivity (Wildman–Crippen MR) is 78.9 cm³/mol. The summed E-state index contributed by atoms with van der Waals surface area (Å²) in [4.78, 5) is 2.35. The molecule has 0 heterocycles. The standard InChI is InChI=1S/C16H30N2O/c1-5-6-14-7-8-15(12-17)16(11-14)18(4)9-10-19-13(2)3/h13-16H,5-11H2,1-4H3. The molecule has 0 bridgehead atoms. The highest BCUT2D eigenvalue weighted by Crippen LogP contribution is 2.33. The second-order valence-electron chi connectivity index (χ2n) is 6.17. The molecular weight excluding hydrogens is 236 g/mol. The third-order valence-electron chi connectivity index (χ3n) is 4.25. The first-order valence-electron chi connectivity index (χ1n) is 7.79. The van der Waals surface area contributed by atoms with E-state index in [2.05, 4.69) is 38.8 Å². The van der Waals surface area contributed by atoms with Crippen molar-refractivity contribution in [3.8, 4) is 6.07 Å². The van der Waals surface area contributed by atoms with Gasteiger partial charge in [-0.2, -0.15) is 5.26 Å². The van der Waals surface area contributed by atoms with Gasteiger partial charge in [0.15, 0.2) is 0 Å². The van der Waals surface area contributed by atoms with Crippen LogP contribution in [0.5, 0.6) is 0 Å². The zero-order valence-electron chi connectivity index (χ0n) is 13.1. The number of rotatable bonds is 7. The average molecular weight is 266 g/mol. The number of ether oxygens (including phenoxy) is 1. The summed E-state index contributed by atoms with van der Waals surface area (Å²) in [5, 5.41) is 9.33. The molecule has 3 unspecified atom stereocenters. The lowest BCUT2D eigenvalue weighted by molar-refractivity contribution is 0.0406. The van der Waals surface area contributed by atoms with Crippen molar-refractivity contribution in [2.75, 3.05) is 20.2 Å². The molecule has 0 amide bonds. The van der Waals surface area contributed by atoms with E-state index in [0.29, 0.717) is 12.1 Å². The van der Waals surface area contributed by atoms with Gasteiger partial charge in [-0.25, -0.2) is 0 Å². The smallest absolute Gasteiger partial charge is 0.0672 e. The van der Waals surface area contributed by atoms with Gasteiger partial charge < -0.3 is 4.74 Å². The zero-order chi connectivity index (χ0) is 14.3. The van der Waals surface area contributed by atoms with Crippen LogP contribution in [0.3, 0.4) is 0 Å². The Bertz CT molecular complexity index is 285. The van der Waals surface area contributed by atoms with Crippen LogP contribution in [0.25, 0.3) is 0 Å². The highest BCUT2D eigenvalue weighted by Gasteiger charge is 2.32. The molecule has 0 N–H and O–H groups in total. The third-order valence-corrected chi connectivity index (χ3v) is 4.25. The Kier molecular flexibility index (Phi) is 7.41. The van der Waals surface area contributed by atoms with E-state index in [-0.39, 0.29) is 5.92 Å². The van der Waals surface area contributed by atoms with Gasteiger partial charge in [0.05, 0.1) is 24.7 Å². The van der Waals surface area contributed by atoms with Crippen molar-refractivity contribution in [1.29, 1.82) is 5.26 Å². The van der Waals surface area contributed by atoms with Crippen molar-refractivity contribution in [2.45, 2.75) is 65.0 Å². The van der Waals surface area contributed by atoms with Gasteiger partial charge in [0, 0.05) is 12.6 Å². The van der Waals surface area contributed by atoms with E-state index >= 15 is 0 Å². The molecular formula is C16H30N2O. The normalized spacial score (nSPS) is 27.7. The fraction of sp³-hybridized carbons (Fsp3) is 0.938. The van der Waals surface area contributed by atoms with Gasteiger partial charge in [0.25, 0.3) is 0 Å². The topological polar surface area (TPSA) is 36.3 Å². The lowest BCUT2D eigenvalue weighted by atomic mass is 9.76. The summed E-state index contributed by atoms with van der Waals surface area (Å²) in [6.45, 7) is 8.08. The Labute approximate surface area is 118 Å². The minimum Gasteiger partial charge on any atom is -0.377 e. The van der Waals surface area contributed by atoms with Crippen molar-refractivity contribution in [3.63, 3.8) is 0 Å². The molecule has 1 fully saturated rings. The van der Waals surface area contributed by atoms with Gasteiger partial charge in [-0.15, -0.1) is 0 Å². The van der Waals surface area contributed by atoms with E-state index in [1.54, 1.807) is 0 Å². The monoisotopic (exact) mass is 266 g/mol. The van der Waals surface area contributed by atoms with E-state index in [4.69, 9.17) is 4.74 Å². The quantitative estimate of drug-likeness (QED) is 0.708. The van der Waals surface area contributed by atoms with Gasteiger partial charge in [0.2, 0.25) is 0 Å². The Balaban J connectivity index is 2.47. The molecule has 0 aliphatic heterocycles. The molecule has 19 heavy (non-hydrogen) atoms. The molecule has 0 spiro atoms. The van der Waals surface area contributed by atoms with Crippen molar-refractivity contribution in [1.82, 2.24) is 4.90 Å². The lowest BCUT2D eigenvalue weighted by Crippen LogP contribution is -2.43. The third kappa shape index (κ3) is 5.50. The minimum absolute atomic E-state index is 0.206. The average Bonchev–Trinajstić information content (AvgIpc) is 2.38. The molecule has 110 valence electrons. The van der Waals surface area contributed by atoms with Gasteiger partial charge in [-0.3, -0.25) is 4.90 Å². The number of hydrogen-bond acceptors (Lipinski definition) is 3. The first-order chi connectivity index (χ1) is 9.08. The summed E-state index contributed by atoms with van der Waals surface area (Å²) in [7, 11) is 2.15. The SMILES string of the molecule is CCCC1CCC(C#N)C(N(C)CCOC(C)C)C1. The second kappa shape index (κ2) is 8.55. The van der Waals surface area contributed by atoms with E-state index in [0.717, 1.165) is 25.5 Å². The fourth-order valence-electron chi connectivity index (χ4n) is 3.14. The maximum Gasteiger partial charge on any atom is 0.0672 e. The van der Waals surface area contributed by atoms with Crippen LogP contribution in [0, 0.1) is 23.2 Å². The largest absolute Gasteiger partial charge is 0.377 e. The molecule has 1 saturated carbocycles. The van der Waals surface area contributed by atoms with Crippen LogP contribution in [0.15, 0.2) is 0 Å². The lowest BCUT2D eigenvalue weighted by Gasteiger charge is -2.38. The van der Waals surface area contributed by atoms with Gasteiger partial charge in [-0.1, -0.05) is 19.8 Å². The van der Waals surface area contributed by atoms with Crippen LogP contribution in [-0.2, 0) is 4.74 Å². The number of hydrogen-bond donors (Lipinski definition) is 0. The van der Waals surface area contributed by atoms with E-state index < -0.39 is 0 Å². The van der Waals surface area contributed by atoms with Gasteiger partial charge in [0.1, 0.15) is 0 Å². The molecule has 1 aliphatic carbocycles. The molecule has 3 heteroatoms. The molecule has 0 aromatic carbocycles. The molecule has 0 saturated heterocycles. The van der Waals surface area contributed by atoms with E-state index in [1.165, 1.54) is 25.7 Å². The molecule has 0 aromatic rings. The van der Waals surface area contributed by atoms with Crippen LogP contribution in [0.4, 0.5) is 0 Å². The minimum atomic E-state index is 0.206. The van der Waals surface area contributed by atoms with Crippen molar-refractivity contribution in [3.05, 3.63) is 0 Å².